The van der Waals surface area contributed by atoms with Crippen molar-refractivity contribution >= 4 is 34.1 Å². The number of amides is 1. The molecule has 0 bridgehead atoms. The lowest BCUT2D eigenvalue weighted by molar-refractivity contribution is 0.102. The van der Waals surface area contributed by atoms with Crippen LogP contribution >= 0.6 is 0 Å². The Labute approximate surface area is 179 Å². The molecular formula is C24H22N6O. The second kappa shape index (κ2) is 6.84. The highest BCUT2D eigenvalue weighted by Gasteiger charge is 2.48. The minimum atomic E-state index is -0.184. The van der Waals surface area contributed by atoms with Crippen LogP contribution in [-0.4, -0.2) is 27.4 Å². The Bertz CT molecular complexity index is 1310. The summed E-state index contributed by atoms with van der Waals surface area (Å²) in [6.45, 7) is 1.54. The van der Waals surface area contributed by atoms with Crippen molar-refractivity contribution in [3.63, 3.8) is 0 Å². The molecule has 0 atom stereocenters. The van der Waals surface area contributed by atoms with E-state index in [0.717, 1.165) is 34.5 Å². The minimum Gasteiger partial charge on any atom is -0.384 e. The van der Waals surface area contributed by atoms with Crippen molar-refractivity contribution < 1.29 is 4.79 Å². The van der Waals surface area contributed by atoms with Gasteiger partial charge in [-0.3, -0.25) is 4.79 Å². The fourth-order valence-electron chi connectivity index (χ4n) is 4.47. The van der Waals surface area contributed by atoms with Crippen LogP contribution in [0.15, 0.2) is 61.1 Å². The summed E-state index contributed by atoms with van der Waals surface area (Å²) in [4.78, 5) is 24.9. The number of nitrogens with zero attached hydrogens (tertiary/aromatic N) is 2. The number of carbonyl (C=O) groups is 1. The maximum absolute atomic E-state index is 13.0. The van der Waals surface area contributed by atoms with Gasteiger partial charge in [-0.15, -0.1) is 0 Å². The number of aromatic amines is 1. The largest absolute Gasteiger partial charge is 0.384 e. The number of rotatable bonds is 5. The van der Waals surface area contributed by atoms with Crippen LogP contribution in [-0.2, 0) is 12.0 Å². The Kier molecular flexibility index (Phi) is 3.96. The Balaban J connectivity index is 1.21. The lowest BCUT2D eigenvalue weighted by Crippen LogP contribution is -2.16. The molecule has 0 radical (unpaired) electrons. The third kappa shape index (κ3) is 3.09. The van der Waals surface area contributed by atoms with Gasteiger partial charge in [-0.05, 0) is 60.4 Å². The van der Waals surface area contributed by atoms with Crippen molar-refractivity contribution in [3.05, 3.63) is 77.7 Å². The summed E-state index contributed by atoms with van der Waals surface area (Å²) in [5.74, 6) is 0.368. The van der Waals surface area contributed by atoms with Crippen molar-refractivity contribution in [1.82, 2.24) is 15.0 Å². The summed E-state index contributed by atoms with van der Waals surface area (Å²) >= 11 is 0. The van der Waals surface area contributed by atoms with Crippen LogP contribution < -0.4 is 16.0 Å². The summed E-state index contributed by atoms with van der Waals surface area (Å²) in [5.41, 5.74) is 6.07. The van der Waals surface area contributed by atoms with Crippen molar-refractivity contribution in [2.24, 2.45) is 0 Å². The van der Waals surface area contributed by atoms with E-state index in [2.05, 4.69) is 37.0 Å². The molecule has 3 aromatic heterocycles. The van der Waals surface area contributed by atoms with Crippen LogP contribution in [0.3, 0.4) is 0 Å². The van der Waals surface area contributed by atoms with E-state index in [1.54, 1.807) is 24.5 Å². The molecular weight excluding hydrogens is 388 g/mol. The normalized spacial score (nSPS) is 15.5. The predicted molar refractivity (Wildman–Crippen MR) is 121 cm³/mol. The molecule has 1 aliphatic heterocycles. The summed E-state index contributed by atoms with van der Waals surface area (Å²) in [7, 11) is 0. The second-order valence-electron chi connectivity index (χ2n) is 8.31. The van der Waals surface area contributed by atoms with Crippen molar-refractivity contribution in [2.75, 3.05) is 22.5 Å². The fraction of sp³-hybridized carbons (Fsp3) is 0.208. The first-order chi connectivity index (χ1) is 15.2. The highest BCUT2D eigenvalue weighted by atomic mass is 16.1. The molecule has 31 heavy (non-hydrogen) atoms. The molecule has 1 aromatic carbocycles. The smallest absolute Gasteiger partial charge is 0.259 e. The van der Waals surface area contributed by atoms with E-state index in [0.29, 0.717) is 23.3 Å². The molecule has 6 rings (SSSR count). The van der Waals surface area contributed by atoms with E-state index < -0.39 is 0 Å². The number of pyridine rings is 2. The van der Waals surface area contributed by atoms with Crippen molar-refractivity contribution in [3.8, 4) is 0 Å². The highest BCUT2D eigenvalue weighted by molar-refractivity contribution is 6.07. The zero-order chi connectivity index (χ0) is 20.8. The van der Waals surface area contributed by atoms with Crippen LogP contribution in [0.2, 0.25) is 0 Å². The number of benzene rings is 1. The first-order valence-electron chi connectivity index (χ1n) is 10.5. The average molecular weight is 410 g/mol. The number of hydrogen-bond acceptors (Lipinski definition) is 5. The molecule has 1 aliphatic carbocycles. The van der Waals surface area contributed by atoms with Gasteiger partial charge in [0.05, 0.1) is 5.56 Å². The van der Waals surface area contributed by atoms with Crippen LogP contribution in [0.25, 0.3) is 11.0 Å². The second-order valence-corrected chi connectivity index (χ2v) is 8.31. The van der Waals surface area contributed by atoms with Gasteiger partial charge in [0.15, 0.2) is 0 Å². The third-order valence-corrected chi connectivity index (χ3v) is 6.37. The molecule has 7 heteroatoms. The number of hydrogen-bond donors (Lipinski definition) is 4. The standard InChI is InChI=1S/C24H22N6O/c31-23(30-16-3-4-19-20(12-16)29-14-24(19)7-8-24)18-2-1-9-25-22(18)28-13-15-5-10-26-21-17(15)6-11-27-21/h1-6,9-12,29H,7-8,13-14H2,(H,25,28)(H,26,27)(H,30,31). The summed E-state index contributed by atoms with van der Waals surface area (Å²) in [6.07, 6.45) is 7.82. The van der Waals surface area contributed by atoms with Crippen LogP contribution in [0.4, 0.5) is 17.2 Å². The topological polar surface area (TPSA) is 94.7 Å². The lowest BCUT2D eigenvalue weighted by atomic mass is 9.98. The molecule has 1 spiro atoms. The third-order valence-electron chi connectivity index (χ3n) is 6.37. The van der Waals surface area contributed by atoms with E-state index in [4.69, 9.17) is 0 Å². The molecule has 1 saturated carbocycles. The Morgan fingerprint density at radius 1 is 1.10 bits per heavy atom. The summed E-state index contributed by atoms with van der Waals surface area (Å²) < 4.78 is 0. The molecule has 1 amide bonds. The minimum absolute atomic E-state index is 0.184. The van der Waals surface area contributed by atoms with Gasteiger partial charge in [-0.25, -0.2) is 9.97 Å². The number of H-pyrrole nitrogens is 1. The maximum atomic E-state index is 13.0. The van der Waals surface area contributed by atoms with Crippen LogP contribution in [0, 0.1) is 0 Å². The molecule has 7 nitrogen and oxygen atoms in total. The molecule has 4 N–H and O–H groups in total. The zero-order valence-electron chi connectivity index (χ0n) is 16.9. The first-order valence-corrected chi connectivity index (χ1v) is 10.5. The van der Waals surface area contributed by atoms with Crippen LogP contribution in [0.1, 0.15) is 34.3 Å². The van der Waals surface area contributed by atoms with Gasteiger partial charge in [0, 0.05) is 53.9 Å². The number of nitrogens with one attached hydrogen (secondary N) is 4. The van der Waals surface area contributed by atoms with Crippen molar-refractivity contribution in [1.29, 1.82) is 0 Å². The van der Waals surface area contributed by atoms with Gasteiger partial charge in [-0.2, -0.15) is 0 Å². The Hall–Kier alpha value is -3.87. The quantitative estimate of drug-likeness (QED) is 0.394. The van der Waals surface area contributed by atoms with E-state index in [1.807, 2.05) is 30.5 Å². The average Bonchev–Trinajstić information content (AvgIpc) is 3.26. The number of aromatic nitrogens is 3. The number of anilines is 3. The molecule has 1 fully saturated rings. The molecule has 4 aromatic rings. The molecule has 154 valence electrons. The first kappa shape index (κ1) is 17.9. The lowest BCUT2D eigenvalue weighted by Gasteiger charge is -2.13. The predicted octanol–water partition coefficient (Wildman–Crippen LogP) is 4.28. The molecule has 0 saturated heterocycles. The highest BCUT2D eigenvalue weighted by Crippen LogP contribution is 2.54. The van der Waals surface area contributed by atoms with Gasteiger partial charge in [-0.1, -0.05) is 6.07 Å². The number of carbonyl (C=O) groups excluding carboxylic acids is 1. The van der Waals surface area contributed by atoms with E-state index in [-0.39, 0.29) is 5.91 Å². The van der Waals surface area contributed by atoms with Crippen molar-refractivity contribution in [2.45, 2.75) is 24.8 Å². The SMILES string of the molecule is O=C(Nc1ccc2c(c1)NCC21CC1)c1cccnc1NCc1ccnc2[nH]ccc12. The Morgan fingerprint density at radius 2 is 2.03 bits per heavy atom. The monoisotopic (exact) mass is 410 g/mol. The van der Waals surface area contributed by atoms with Gasteiger partial charge < -0.3 is 20.9 Å². The van der Waals surface area contributed by atoms with Gasteiger partial charge >= 0.3 is 0 Å². The maximum Gasteiger partial charge on any atom is 0.259 e. The molecule has 2 aliphatic rings. The van der Waals surface area contributed by atoms with Gasteiger partial charge in [0.25, 0.3) is 5.91 Å². The molecule has 4 heterocycles. The van der Waals surface area contributed by atoms with E-state index >= 15 is 0 Å². The van der Waals surface area contributed by atoms with Crippen LogP contribution in [0.5, 0.6) is 0 Å². The number of fused-ring (bicyclic) bond motifs is 3. The van der Waals surface area contributed by atoms with Gasteiger partial charge in [0.1, 0.15) is 11.5 Å². The van der Waals surface area contributed by atoms with E-state index in [1.165, 1.54) is 18.4 Å². The fourth-order valence-corrected chi connectivity index (χ4v) is 4.47. The summed E-state index contributed by atoms with van der Waals surface area (Å²) in [6, 6.07) is 13.7. The Morgan fingerprint density at radius 3 is 2.94 bits per heavy atom. The van der Waals surface area contributed by atoms with E-state index in [9.17, 15) is 4.79 Å². The molecule has 0 unspecified atom stereocenters. The summed E-state index contributed by atoms with van der Waals surface area (Å²) in [5, 5.41) is 10.9. The zero-order valence-corrected chi connectivity index (χ0v) is 16.9. The van der Waals surface area contributed by atoms with Gasteiger partial charge in [0.2, 0.25) is 0 Å².